The van der Waals surface area contributed by atoms with Crippen LogP contribution in [0.15, 0.2) is 30.3 Å². The van der Waals surface area contributed by atoms with Crippen molar-refractivity contribution in [1.29, 1.82) is 0 Å². The quantitative estimate of drug-likeness (QED) is 0.815. The number of rotatable bonds is 5. The van der Waals surface area contributed by atoms with E-state index in [0.717, 1.165) is 18.4 Å². The topological polar surface area (TPSA) is 47.9 Å². The van der Waals surface area contributed by atoms with Crippen molar-refractivity contribution in [2.45, 2.75) is 37.6 Å². The van der Waals surface area contributed by atoms with Crippen molar-refractivity contribution < 1.29 is 19.6 Å². The highest BCUT2D eigenvalue weighted by molar-refractivity contribution is 5.16. The monoisotopic (exact) mass is 252 g/mol. The fourth-order valence-corrected chi connectivity index (χ4v) is 2.20. The van der Waals surface area contributed by atoms with E-state index in [0.29, 0.717) is 12.8 Å². The van der Waals surface area contributed by atoms with Crippen LogP contribution >= 0.6 is 0 Å². The third-order valence-corrected chi connectivity index (χ3v) is 3.32. The average molecular weight is 252 g/mol. The number of benzene rings is 1. The summed E-state index contributed by atoms with van der Waals surface area (Å²) in [5.74, 6) is -0.701. The second kappa shape index (κ2) is 6.29. The summed E-state index contributed by atoms with van der Waals surface area (Å²) in [5.41, 5.74) is 1.16. The van der Waals surface area contributed by atoms with Gasteiger partial charge >= 0.3 is 0 Å². The first kappa shape index (κ1) is 13.5. The molecule has 2 unspecified atom stereocenters. The first-order chi connectivity index (χ1) is 8.78. The van der Waals surface area contributed by atoms with E-state index in [2.05, 4.69) is 0 Å². The highest BCUT2D eigenvalue weighted by atomic mass is 17.2. The van der Waals surface area contributed by atoms with Gasteiger partial charge in [0.2, 0.25) is 5.79 Å². The molecule has 0 radical (unpaired) electrons. The largest absolute Gasteiger partial charge is 0.396 e. The molecule has 1 N–H and O–H groups in total. The third kappa shape index (κ3) is 3.29. The summed E-state index contributed by atoms with van der Waals surface area (Å²) in [6.45, 7) is 0.118. The van der Waals surface area contributed by atoms with E-state index in [1.807, 2.05) is 30.3 Å². The highest BCUT2D eigenvalue weighted by Gasteiger charge is 2.38. The van der Waals surface area contributed by atoms with Crippen molar-refractivity contribution in [1.82, 2.24) is 0 Å². The molecule has 1 heterocycles. The predicted octanol–water partition coefficient (Wildman–Crippen LogP) is 2.06. The summed E-state index contributed by atoms with van der Waals surface area (Å²) in [6.07, 6.45) is 2.83. The summed E-state index contributed by atoms with van der Waals surface area (Å²) in [4.78, 5) is 10.8. The van der Waals surface area contributed by atoms with Gasteiger partial charge in [0.25, 0.3) is 0 Å². The number of hydrogen-bond donors (Lipinski definition) is 1. The van der Waals surface area contributed by atoms with Gasteiger partial charge in [-0.3, -0.25) is 0 Å². The Morgan fingerprint density at radius 3 is 2.72 bits per heavy atom. The van der Waals surface area contributed by atoms with Crippen molar-refractivity contribution >= 4 is 0 Å². The molecule has 0 saturated carbocycles. The number of methoxy groups -OCH3 is 1. The van der Waals surface area contributed by atoms with E-state index >= 15 is 0 Å². The van der Waals surface area contributed by atoms with Crippen LogP contribution in [0.2, 0.25) is 0 Å². The maximum atomic E-state index is 8.87. The Balaban J connectivity index is 1.96. The summed E-state index contributed by atoms with van der Waals surface area (Å²) in [7, 11) is 1.64. The maximum Gasteiger partial charge on any atom is 0.205 e. The standard InChI is InChI=1S/C14H20O4/c1-16-14(11-12-5-3-2-4-6-12)9-7-13(8-10-15)17-18-14/h2-6,13,15H,7-11H2,1H3. The van der Waals surface area contributed by atoms with Gasteiger partial charge in [-0.1, -0.05) is 30.3 Å². The number of aliphatic hydroxyl groups excluding tert-OH is 1. The van der Waals surface area contributed by atoms with Crippen molar-refractivity contribution in [3.63, 3.8) is 0 Å². The Morgan fingerprint density at radius 1 is 1.39 bits per heavy atom. The molecule has 0 aliphatic carbocycles. The maximum absolute atomic E-state index is 8.87. The van der Waals surface area contributed by atoms with Gasteiger partial charge in [0.1, 0.15) is 0 Å². The van der Waals surface area contributed by atoms with Gasteiger partial charge in [-0.15, -0.1) is 0 Å². The van der Waals surface area contributed by atoms with Crippen LogP contribution in [0.4, 0.5) is 0 Å². The zero-order valence-electron chi connectivity index (χ0n) is 10.7. The summed E-state index contributed by atoms with van der Waals surface area (Å²) in [5, 5.41) is 8.87. The minimum absolute atomic E-state index is 0.0333. The summed E-state index contributed by atoms with van der Waals surface area (Å²) in [6, 6.07) is 10.1. The lowest BCUT2D eigenvalue weighted by Crippen LogP contribution is -2.43. The van der Waals surface area contributed by atoms with E-state index in [1.165, 1.54) is 0 Å². The van der Waals surface area contributed by atoms with Crippen LogP contribution < -0.4 is 0 Å². The molecule has 4 nitrogen and oxygen atoms in total. The van der Waals surface area contributed by atoms with Crippen LogP contribution in [-0.2, 0) is 20.9 Å². The number of ether oxygens (including phenoxy) is 1. The molecule has 18 heavy (non-hydrogen) atoms. The van der Waals surface area contributed by atoms with Gasteiger partial charge in [0, 0.05) is 26.6 Å². The molecule has 0 bridgehead atoms. The SMILES string of the molecule is COC1(Cc2ccccc2)CCC(CCO)OO1. The lowest BCUT2D eigenvalue weighted by Gasteiger charge is -2.37. The number of aliphatic hydroxyl groups is 1. The lowest BCUT2D eigenvalue weighted by molar-refractivity contribution is -0.465. The Hall–Kier alpha value is -0.940. The zero-order chi connectivity index (χ0) is 12.8. The molecule has 1 fully saturated rings. The van der Waals surface area contributed by atoms with Gasteiger partial charge in [-0.25, -0.2) is 9.78 Å². The lowest BCUT2D eigenvalue weighted by atomic mass is 9.97. The molecule has 1 aromatic rings. The molecule has 0 amide bonds. The van der Waals surface area contributed by atoms with Gasteiger partial charge < -0.3 is 9.84 Å². The molecule has 0 spiro atoms. The average Bonchev–Trinajstić information content (AvgIpc) is 2.43. The molecule has 100 valence electrons. The van der Waals surface area contributed by atoms with E-state index in [4.69, 9.17) is 19.6 Å². The minimum atomic E-state index is -0.701. The molecule has 1 aliphatic rings. The Bertz CT molecular complexity index is 344. The smallest absolute Gasteiger partial charge is 0.205 e. The summed E-state index contributed by atoms with van der Waals surface area (Å²) >= 11 is 0. The van der Waals surface area contributed by atoms with E-state index in [1.54, 1.807) is 7.11 Å². The summed E-state index contributed by atoms with van der Waals surface area (Å²) < 4.78 is 5.50. The van der Waals surface area contributed by atoms with Crippen LogP contribution in [0.1, 0.15) is 24.8 Å². The first-order valence-electron chi connectivity index (χ1n) is 6.32. The van der Waals surface area contributed by atoms with Crippen LogP contribution in [-0.4, -0.2) is 30.7 Å². The second-order valence-corrected chi connectivity index (χ2v) is 4.63. The van der Waals surface area contributed by atoms with Crippen molar-refractivity contribution in [2.24, 2.45) is 0 Å². The van der Waals surface area contributed by atoms with Crippen LogP contribution in [0, 0.1) is 0 Å². The van der Waals surface area contributed by atoms with E-state index < -0.39 is 5.79 Å². The van der Waals surface area contributed by atoms with Crippen molar-refractivity contribution in [3.05, 3.63) is 35.9 Å². The second-order valence-electron chi connectivity index (χ2n) is 4.63. The van der Waals surface area contributed by atoms with Crippen LogP contribution in [0.25, 0.3) is 0 Å². The predicted molar refractivity (Wildman–Crippen MR) is 66.8 cm³/mol. The van der Waals surface area contributed by atoms with Gasteiger partial charge in [-0.05, 0) is 18.4 Å². The Morgan fingerprint density at radius 2 is 2.17 bits per heavy atom. The van der Waals surface area contributed by atoms with Crippen molar-refractivity contribution in [2.75, 3.05) is 13.7 Å². The molecular weight excluding hydrogens is 232 g/mol. The molecule has 2 atom stereocenters. The minimum Gasteiger partial charge on any atom is -0.396 e. The van der Waals surface area contributed by atoms with E-state index in [9.17, 15) is 0 Å². The molecule has 4 heteroatoms. The fraction of sp³-hybridized carbons (Fsp3) is 0.571. The van der Waals surface area contributed by atoms with Gasteiger partial charge in [-0.2, -0.15) is 0 Å². The van der Waals surface area contributed by atoms with Crippen LogP contribution in [0.5, 0.6) is 0 Å². The van der Waals surface area contributed by atoms with Gasteiger partial charge in [0.15, 0.2) is 0 Å². The number of hydrogen-bond acceptors (Lipinski definition) is 4. The fourth-order valence-electron chi connectivity index (χ4n) is 2.20. The molecule has 2 rings (SSSR count). The molecule has 0 aromatic heterocycles. The molecule has 1 saturated heterocycles. The zero-order valence-corrected chi connectivity index (χ0v) is 10.7. The Kier molecular flexibility index (Phi) is 4.72. The third-order valence-electron chi connectivity index (χ3n) is 3.32. The highest BCUT2D eigenvalue weighted by Crippen LogP contribution is 2.31. The van der Waals surface area contributed by atoms with Gasteiger partial charge in [0.05, 0.1) is 6.10 Å². The molecule has 1 aliphatic heterocycles. The first-order valence-corrected chi connectivity index (χ1v) is 6.32. The van der Waals surface area contributed by atoms with E-state index in [-0.39, 0.29) is 12.7 Å². The Labute approximate surface area is 107 Å². The van der Waals surface area contributed by atoms with Crippen LogP contribution in [0.3, 0.4) is 0 Å². The van der Waals surface area contributed by atoms with Crippen molar-refractivity contribution in [3.8, 4) is 0 Å². The normalized spacial score (nSPS) is 28.2. The molecular formula is C14H20O4. The molecule has 1 aromatic carbocycles.